The van der Waals surface area contributed by atoms with Crippen LogP contribution in [0.4, 0.5) is 8.78 Å². The summed E-state index contributed by atoms with van der Waals surface area (Å²) in [6.45, 7) is 2.06. The molecular weight excluding hydrogens is 328 g/mol. The molecular formula is C18H21F2N3O2. The van der Waals surface area contributed by atoms with Gasteiger partial charge in [-0.3, -0.25) is 9.48 Å². The molecule has 1 saturated heterocycles. The molecule has 2 aromatic rings. The number of amides is 1. The van der Waals surface area contributed by atoms with Crippen molar-refractivity contribution in [3.05, 3.63) is 52.9 Å². The molecule has 5 nitrogen and oxygen atoms in total. The Morgan fingerprint density at radius 1 is 1.40 bits per heavy atom. The number of aromatic nitrogens is 2. The molecule has 0 unspecified atom stereocenters. The molecule has 0 aliphatic carbocycles. The van der Waals surface area contributed by atoms with E-state index >= 15 is 0 Å². The Balaban J connectivity index is 1.76. The van der Waals surface area contributed by atoms with Crippen molar-refractivity contribution in [2.45, 2.75) is 38.3 Å². The minimum atomic E-state index is -0.739. The van der Waals surface area contributed by atoms with Crippen LogP contribution in [0.1, 0.15) is 35.7 Å². The van der Waals surface area contributed by atoms with E-state index in [0.29, 0.717) is 6.42 Å². The van der Waals surface area contributed by atoms with Gasteiger partial charge in [-0.2, -0.15) is 5.10 Å². The molecule has 1 fully saturated rings. The molecule has 25 heavy (non-hydrogen) atoms. The first-order chi connectivity index (χ1) is 11.9. The molecule has 1 amide bonds. The van der Waals surface area contributed by atoms with Crippen LogP contribution in [-0.4, -0.2) is 38.3 Å². The van der Waals surface area contributed by atoms with Gasteiger partial charge in [0.1, 0.15) is 11.6 Å². The number of halogens is 2. The Morgan fingerprint density at radius 3 is 2.84 bits per heavy atom. The first-order valence-corrected chi connectivity index (χ1v) is 8.26. The van der Waals surface area contributed by atoms with Crippen LogP contribution >= 0.6 is 0 Å². The molecule has 1 aromatic heterocycles. The van der Waals surface area contributed by atoms with E-state index in [9.17, 15) is 18.7 Å². The first-order valence-electron chi connectivity index (χ1n) is 8.26. The normalized spacial score (nSPS) is 20.3. The predicted molar refractivity (Wildman–Crippen MR) is 87.7 cm³/mol. The van der Waals surface area contributed by atoms with Gasteiger partial charge in [0.25, 0.3) is 0 Å². The van der Waals surface area contributed by atoms with Crippen LogP contribution in [0.15, 0.2) is 24.4 Å². The maximum atomic E-state index is 14.1. The van der Waals surface area contributed by atoms with Gasteiger partial charge < -0.3 is 10.0 Å². The Kier molecular flexibility index (Phi) is 4.85. The molecule has 2 atom stereocenters. The van der Waals surface area contributed by atoms with Crippen LogP contribution in [0.2, 0.25) is 0 Å². The van der Waals surface area contributed by atoms with Crippen molar-refractivity contribution in [2.75, 3.05) is 6.54 Å². The monoisotopic (exact) mass is 349 g/mol. The molecule has 1 aromatic carbocycles. The molecule has 7 heteroatoms. The summed E-state index contributed by atoms with van der Waals surface area (Å²) in [5.74, 6) is -1.31. The van der Waals surface area contributed by atoms with Crippen molar-refractivity contribution in [1.29, 1.82) is 0 Å². The van der Waals surface area contributed by atoms with Gasteiger partial charge in [-0.1, -0.05) is 0 Å². The second kappa shape index (κ2) is 6.92. The summed E-state index contributed by atoms with van der Waals surface area (Å²) in [7, 11) is 1.83. The number of hydrogen-bond donors (Lipinski definition) is 1. The zero-order valence-corrected chi connectivity index (χ0v) is 14.2. The third-order valence-corrected chi connectivity index (χ3v) is 4.86. The van der Waals surface area contributed by atoms with Crippen LogP contribution < -0.4 is 0 Å². The Morgan fingerprint density at radius 2 is 2.16 bits per heavy atom. The van der Waals surface area contributed by atoms with E-state index in [2.05, 4.69) is 5.10 Å². The van der Waals surface area contributed by atoms with E-state index in [1.807, 2.05) is 14.0 Å². The molecule has 2 heterocycles. The fourth-order valence-corrected chi connectivity index (χ4v) is 3.33. The van der Waals surface area contributed by atoms with Crippen LogP contribution in [0, 0.1) is 18.6 Å². The smallest absolute Gasteiger partial charge is 0.223 e. The fourth-order valence-electron chi connectivity index (χ4n) is 3.33. The van der Waals surface area contributed by atoms with Crippen molar-refractivity contribution in [1.82, 2.24) is 14.7 Å². The molecule has 3 rings (SSSR count). The highest BCUT2D eigenvalue weighted by Gasteiger charge is 2.36. The molecule has 1 aliphatic rings. The number of aliphatic hydroxyl groups is 1. The molecule has 134 valence electrons. The number of aliphatic hydroxyl groups excluding tert-OH is 1. The highest BCUT2D eigenvalue weighted by atomic mass is 19.1. The van der Waals surface area contributed by atoms with Crippen LogP contribution in [-0.2, 0) is 18.3 Å². The average Bonchev–Trinajstić information content (AvgIpc) is 3.11. The summed E-state index contributed by atoms with van der Waals surface area (Å²) in [5.41, 5.74) is 2.08. The highest BCUT2D eigenvalue weighted by Crippen LogP contribution is 2.34. The lowest BCUT2D eigenvalue weighted by atomic mass is 10.0. The quantitative estimate of drug-likeness (QED) is 0.921. The maximum Gasteiger partial charge on any atom is 0.223 e. The van der Waals surface area contributed by atoms with Gasteiger partial charge in [0.15, 0.2) is 0 Å². The zero-order chi connectivity index (χ0) is 18.1. The molecule has 0 radical (unpaired) electrons. The average molecular weight is 349 g/mol. The van der Waals surface area contributed by atoms with Crippen molar-refractivity contribution in [3.63, 3.8) is 0 Å². The van der Waals surface area contributed by atoms with Crippen LogP contribution in [0.25, 0.3) is 0 Å². The number of β-amino-alcohol motifs (C(OH)–C–C–N with tert-alkyl or cyclic N) is 1. The number of carbonyl (C=O) groups excluding carboxylic acids is 1. The predicted octanol–water partition coefficient (Wildman–Crippen LogP) is 2.27. The number of aryl methyl sites for hydroxylation is 2. The summed E-state index contributed by atoms with van der Waals surface area (Å²) in [6.07, 6.45) is 1.94. The first kappa shape index (κ1) is 17.5. The molecule has 1 N–H and O–H groups in total. The van der Waals surface area contributed by atoms with Gasteiger partial charge in [0, 0.05) is 31.3 Å². The van der Waals surface area contributed by atoms with E-state index < -0.39 is 23.8 Å². The van der Waals surface area contributed by atoms with Gasteiger partial charge in [0.05, 0.1) is 18.3 Å². The lowest BCUT2D eigenvalue weighted by molar-refractivity contribution is -0.132. The van der Waals surface area contributed by atoms with Crippen molar-refractivity contribution < 1.29 is 18.7 Å². The maximum absolute atomic E-state index is 14.1. The second-order valence-corrected chi connectivity index (χ2v) is 6.50. The summed E-state index contributed by atoms with van der Waals surface area (Å²) in [4.78, 5) is 14.1. The van der Waals surface area contributed by atoms with E-state index in [1.165, 1.54) is 4.90 Å². The standard InChI is InChI=1S/C18H21F2N3O2/c1-11-12(9-21-22(11)2)3-6-18(25)23-10-14(24)8-17(23)15-7-13(19)4-5-16(15)20/h4-5,7,9,14,17,24H,3,6,8,10H2,1-2H3/t14-,17+/m0/s1. The van der Waals surface area contributed by atoms with Gasteiger partial charge >= 0.3 is 0 Å². The number of carbonyl (C=O) groups is 1. The summed E-state index contributed by atoms with van der Waals surface area (Å²) in [6, 6.07) is 2.55. The number of rotatable bonds is 4. The Bertz CT molecular complexity index is 791. The SMILES string of the molecule is Cc1c(CCC(=O)N2C[C@@H](O)C[C@@H]2c2cc(F)ccc2F)cnn1C. The summed E-state index contributed by atoms with van der Waals surface area (Å²) < 4.78 is 29.3. The van der Waals surface area contributed by atoms with Crippen LogP contribution in [0.5, 0.6) is 0 Å². The zero-order valence-electron chi connectivity index (χ0n) is 14.2. The van der Waals surface area contributed by atoms with E-state index in [-0.39, 0.29) is 30.9 Å². The number of hydrogen-bond acceptors (Lipinski definition) is 3. The Labute approximate surface area is 144 Å². The minimum absolute atomic E-state index is 0.113. The van der Waals surface area contributed by atoms with Gasteiger partial charge in [0.2, 0.25) is 5.91 Å². The number of likely N-dealkylation sites (tertiary alicyclic amines) is 1. The van der Waals surface area contributed by atoms with Crippen molar-refractivity contribution in [2.24, 2.45) is 7.05 Å². The van der Waals surface area contributed by atoms with E-state index in [4.69, 9.17) is 0 Å². The third-order valence-electron chi connectivity index (χ3n) is 4.86. The lowest BCUT2D eigenvalue weighted by Crippen LogP contribution is -2.32. The largest absolute Gasteiger partial charge is 0.391 e. The summed E-state index contributed by atoms with van der Waals surface area (Å²) in [5, 5.41) is 14.1. The molecule has 0 spiro atoms. The number of benzene rings is 1. The lowest BCUT2D eigenvalue weighted by Gasteiger charge is -2.25. The number of nitrogens with zero attached hydrogens (tertiary/aromatic N) is 3. The van der Waals surface area contributed by atoms with Crippen LogP contribution in [0.3, 0.4) is 0 Å². The topological polar surface area (TPSA) is 58.4 Å². The third kappa shape index (κ3) is 3.56. The van der Waals surface area contributed by atoms with Gasteiger partial charge in [-0.25, -0.2) is 8.78 Å². The molecule has 1 aliphatic heterocycles. The van der Waals surface area contributed by atoms with Gasteiger partial charge in [-0.05, 0) is 43.5 Å². The van der Waals surface area contributed by atoms with E-state index in [1.54, 1.807) is 10.9 Å². The molecule has 0 saturated carbocycles. The van der Waals surface area contributed by atoms with Gasteiger partial charge in [-0.15, -0.1) is 0 Å². The van der Waals surface area contributed by atoms with E-state index in [0.717, 1.165) is 29.5 Å². The second-order valence-electron chi connectivity index (χ2n) is 6.50. The fraction of sp³-hybridized carbons (Fsp3) is 0.444. The highest BCUT2D eigenvalue weighted by molar-refractivity contribution is 5.77. The van der Waals surface area contributed by atoms with Crippen molar-refractivity contribution in [3.8, 4) is 0 Å². The van der Waals surface area contributed by atoms with Crippen molar-refractivity contribution >= 4 is 5.91 Å². The summed E-state index contributed by atoms with van der Waals surface area (Å²) >= 11 is 0. The minimum Gasteiger partial charge on any atom is -0.391 e. The Hall–Kier alpha value is -2.28. The molecule has 0 bridgehead atoms.